The fraction of sp³-hybridized carbons (Fsp3) is 0.963. The van der Waals surface area contributed by atoms with E-state index in [4.69, 9.17) is 0 Å². The average Bonchev–Trinajstić information content (AvgIpc) is 3.05. The van der Waals surface area contributed by atoms with Crippen molar-refractivity contribution in [3.05, 3.63) is 0 Å². The second-order valence-electron chi connectivity index (χ2n) is 12.3. The molecule has 0 aromatic heterocycles. The first kappa shape index (κ1) is 22.6. The molecule has 0 spiro atoms. The Balaban J connectivity index is 1.52. The molecule has 0 unspecified atom stereocenters. The summed E-state index contributed by atoms with van der Waals surface area (Å²) in [5, 5.41) is 13.5. The SMILES string of the molecule is CC[C@H]1C[C@@H]2[C@H](CC[C@]3(C)[C@@H]([C@H](C)CCNC(C)=O)CC[C@@H]23)[C@@]2(C)CC[C@@H](O)C[C@@H]12. The minimum absolute atomic E-state index is 0.0529. The van der Waals surface area contributed by atoms with Gasteiger partial charge in [0.25, 0.3) is 0 Å². The van der Waals surface area contributed by atoms with Crippen molar-refractivity contribution < 1.29 is 9.90 Å². The molecule has 4 fully saturated rings. The van der Waals surface area contributed by atoms with Gasteiger partial charge in [0, 0.05) is 13.5 Å². The van der Waals surface area contributed by atoms with E-state index >= 15 is 0 Å². The van der Waals surface area contributed by atoms with Crippen LogP contribution in [0.5, 0.6) is 0 Å². The summed E-state index contributed by atoms with van der Waals surface area (Å²) in [5.74, 6) is 5.84. The third kappa shape index (κ3) is 3.65. The van der Waals surface area contributed by atoms with Crippen molar-refractivity contribution in [2.75, 3.05) is 6.54 Å². The summed E-state index contributed by atoms with van der Waals surface area (Å²) >= 11 is 0. The number of fused-ring (bicyclic) bond motifs is 5. The molecule has 4 rings (SSSR count). The van der Waals surface area contributed by atoms with Crippen LogP contribution in [0.4, 0.5) is 0 Å². The van der Waals surface area contributed by atoms with Crippen LogP contribution in [0.25, 0.3) is 0 Å². The number of carbonyl (C=O) groups excluding carboxylic acids is 1. The fourth-order valence-corrected chi connectivity index (χ4v) is 9.59. The molecule has 0 aromatic carbocycles. The van der Waals surface area contributed by atoms with Crippen molar-refractivity contribution in [1.29, 1.82) is 0 Å². The standard InChI is InChI=1S/C27H47NO2/c1-6-19-15-21-23-8-7-22(17(2)11-14-28-18(3)29)26(23,4)13-10-24(21)27(5)12-9-20(30)16-25(19)27/h17,19-25,30H,6-16H2,1-5H3,(H,28,29)/t17-,19+,20-,21+,22-,23+,24+,25+,26-,27-/m1/s1. The summed E-state index contributed by atoms with van der Waals surface area (Å²) in [7, 11) is 0. The molecule has 10 atom stereocenters. The van der Waals surface area contributed by atoms with Gasteiger partial charge in [0.2, 0.25) is 5.91 Å². The van der Waals surface area contributed by atoms with Gasteiger partial charge in [-0.15, -0.1) is 0 Å². The number of aliphatic hydroxyl groups is 1. The number of carbonyl (C=O) groups is 1. The van der Waals surface area contributed by atoms with E-state index in [2.05, 4.69) is 33.0 Å². The van der Waals surface area contributed by atoms with E-state index in [1.165, 1.54) is 44.9 Å². The lowest BCUT2D eigenvalue weighted by Gasteiger charge is -2.63. The largest absolute Gasteiger partial charge is 0.393 e. The minimum Gasteiger partial charge on any atom is -0.393 e. The number of rotatable bonds is 5. The van der Waals surface area contributed by atoms with Gasteiger partial charge in [-0.05, 0) is 110 Å². The molecule has 0 heterocycles. The molecule has 2 N–H and O–H groups in total. The van der Waals surface area contributed by atoms with Gasteiger partial charge in [0.05, 0.1) is 6.10 Å². The van der Waals surface area contributed by atoms with Crippen molar-refractivity contribution in [3.63, 3.8) is 0 Å². The highest BCUT2D eigenvalue weighted by atomic mass is 16.3. The zero-order chi connectivity index (χ0) is 21.7. The predicted octanol–water partition coefficient (Wildman–Crippen LogP) is 5.80. The van der Waals surface area contributed by atoms with Crippen LogP contribution < -0.4 is 5.32 Å². The van der Waals surface area contributed by atoms with E-state index in [1.807, 2.05) is 0 Å². The first-order valence-corrected chi connectivity index (χ1v) is 13.1. The summed E-state index contributed by atoms with van der Waals surface area (Å²) in [6, 6.07) is 0. The van der Waals surface area contributed by atoms with E-state index in [1.54, 1.807) is 6.92 Å². The Kier molecular flexibility index (Phi) is 6.34. The second-order valence-corrected chi connectivity index (χ2v) is 12.3. The van der Waals surface area contributed by atoms with Gasteiger partial charge in [-0.25, -0.2) is 0 Å². The summed E-state index contributed by atoms with van der Waals surface area (Å²) < 4.78 is 0. The van der Waals surface area contributed by atoms with Gasteiger partial charge in [0.1, 0.15) is 0 Å². The van der Waals surface area contributed by atoms with Crippen molar-refractivity contribution in [1.82, 2.24) is 5.32 Å². The molecular formula is C27H47NO2. The Morgan fingerprint density at radius 2 is 1.73 bits per heavy atom. The molecule has 4 aliphatic rings. The molecule has 0 saturated heterocycles. The van der Waals surface area contributed by atoms with E-state index < -0.39 is 0 Å². The lowest BCUT2D eigenvalue weighted by atomic mass is 9.42. The molecule has 3 nitrogen and oxygen atoms in total. The highest BCUT2D eigenvalue weighted by Gasteiger charge is 2.62. The fourth-order valence-electron chi connectivity index (χ4n) is 9.59. The predicted molar refractivity (Wildman–Crippen MR) is 123 cm³/mol. The Morgan fingerprint density at radius 3 is 2.43 bits per heavy atom. The average molecular weight is 418 g/mol. The first-order chi connectivity index (χ1) is 14.2. The number of nitrogens with one attached hydrogen (secondary N) is 1. The van der Waals surface area contributed by atoms with Gasteiger partial charge in [-0.2, -0.15) is 0 Å². The number of hydrogen-bond acceptors (Lipinski definition) is 2. The lowest BCUT2D eigenvalue weighted by molar-refractivity contribution is -0.152. The number of amides is 1. The second kappa shape index (κ2) is 8.41. The van der Waals surface area contributed by atoms with Crippen LogP contribution in [0.15, 0.2) is 0 Å². The van der Waals surface area contributed by atoms with Crippen molar-refractivity contribution in [2.45, 2.75) is 105 Å². The Hall–Kier alpha value is -0.570. The van der Waals surface area contributed by atoms with E-state index in [9.17, 15) is 9.90 Å². The zero-order valence-corrected chi connectivity index (χ0v) is 20.3. The third-order valence-corrected chi connectivity index (χ3v) is 11.1. The van der Waals surface area contributed by atoms with Crippen LogP contribution >= 0.6 is 0 Å². The monoisotopic (exact) mass is 417 g/mol. The van der Waals surface area contributed by atoms with Crippen LogP contribution in [0.3, 0.4) is 0 Å². The maximum absolute atomic E-state index is 11.3. The van der Waals surface area contributed by atoms with Gasteiger partial charge in [-0.3, -0.25) is 4.79 Å². The summed E-state index contributed by atoms with van der Waals surface area (Å²) in [6.45, 7) is 12.6. The molecule has 0 bridgehead atoms. The Labute approximate surface area is 185 Å². The van der Waals surface area contributed by atoms with Crippen LogP contribution in [0, 0.1) is 52.3 Å². The number of hydrogen-bond donors (Lipinski definition) is 2. The smallest absolute Gasteiger partial charge is 0.216 e. The molecule has 0 aliphatic heterocycles. The van der Waals surface area contributed by atoms with Crippen LogP contribution in [0.2, 0.25) is 0 Å². The topological polar surface area (TPSA) is 49.3 Å². The van der Waals surface area contributed by atoms with Crippen molar-refractivity contribution >= 4 is 5.91 Å². The van der Waals surface area contributed by atoms with Crippen LogP contribution in [-0.4, -0.2) is 23.7 Å². The van der Waals surface area contributed by atoms with Crippen molar-refractivity contribution in [2.24, 2.45) is 52.3 Å². The normalized spacial score (nSPS) is 48.9. The maximum Gasteiger partial charge on any atom is 0.216 e. The van der Waals surface area contributed by atoms with Crippen molar-refractivity contribution in [3.8, 4) is 0 Å². The molecule has 4 aliphatic carbocycles. The lowest BCUT2D eigenvalue weighted by Crippen LogP contribution is -2.56. The van der Waals surface area contributed by atoms with Gasteiger partial charge < -0.3 is 10.4 Å². The molecule has 30 heavy (non-hydrogen) atoms. The molecular weight excluding hydrogens is 370 g/mol. The van der Waals surface area contributed by atoms with Gasteiger partial charge in [-0.1, -0.05) is 34.1 Å². The van der Waals surface area contributed by atoms with E-state index in [-0.39, 0.29) is 12.0 Å². The molecule has 0 radical (unpaired) electrons. The van der Waals surface area contributed by atoms with Crippen LogP contribution in [-0.2, 0) is 4.79 Å². The molecule has 4 saturated carbocycles. The quantitative estimate of drug-likeness (QED) is 0.593. The first-order valence-electron chi connectivity index (χ1n) is 13.1. The zero-order valence-electron chi connectivity index (χ0n) is 20.3. The highest BCUT2D eigenvalue weighted by molar-refractivity contribution is 5.72. The van der Waals surface area contributed by atoms with Gasteiger partial charge >= 0.3 is 0 Å². The third-order valence-electron chi connectivity index (χ3n) is 11.1. The molecule has 172 valence electrons. The van der Waals surface area contributed by atoms with Gasteiger partial charge in [0.15, 0.2) is 0 Å². The Morgan fingerprint density at radius 1 is 1.03 bits per heavy atom. The minimum atomic E-state index is -0.0529. The maximum atomic E-state index is 11.3. The molecule has 1 amide bonds. The van der Waals surface area contributed by atoms with E-state index in [0.717, 1.165) is 61.3 Å². The molecule has 3 heteroatoms. The number of aliphatic hydroxyl groups excluding tert-OH is 1. The molecule has 0 aromatic rings. The highest BCUT2D eigenvalue weighted by Crippen LogP contribution is 2.69. The Bertz CT molecular complexity index is 634. The summed E-state index contributed by atoms with van der Waals surface area (Å²) in [6.07, 6.45) is 12.7. The summed E-state index contributed by atoms with van der Waals surface area (Å²) in [5.41, 5.74) is 0.950. The van der Waals surface area contributed by atoms with Crippen LogP contribution in [0.1, 0.15) is 98.8 Å². The summed E-state index contributed by atoms with van der Waals surface area (Å²) in [4.78, 5) is 11.3. The van der Waals surface area contributed by atoms with E-state index in [0.29, 0.717) is 16.7 Å².